The van der Waals surface area contributed by atoms with Crippen molar-refractivity contribution in [1.29, 1.82) is 0 Å². The summed E-state index contributed by atoms with van der Waals surface area (Å²) in [6.07, 6.45) is 5.93. The fourth-order valence-electron chi connectivity index (χ4n) is 6.81. The van der Waals surface area contributed by atoms with Gasteiger partial charge >= 0.3 is 0 Å². The SMILES string of the molecule is CCC1(CC)CC(=O)N([C@H](c2cccnc2)[C@@H]2[C@@H](C(=O)N[C@H]3CC(C)(C)Oc4ccccc43)C2(C)C)C(N)=N1. The number of rotatable bonds is 7. The van der Waals surface area contributed by atoms with Gasteiger partial charge in [0, 0.05) is 36.2 Å². The van der Waals surface area contributed by atoms with Gasteiger partial charge in [-0.15, -0.1) is 0 Å². The first-order valence-electron chi connectivity index (χ1n) is 14.1. The topological polar surface area (TPSA) is 110 Å². The summed E-state index contributed by atoms with van der Waals surface area (Å²) in [5, 5.41) is 3.34. The van der Waals surface area contributed by atoms with Crippen molar-refractivity contribution in [3.8, 4) is 5.75 Å². The molecule has 4 atom stereocenters. The van der Waals surface area contributed by atoms with Crippen LogP contribution in [-0.4, -0.2) is 38.8 Å². The maximum Gasteiger partial charge on any atom is 0.232 e. The van der Waals surface area contributed by atoms with Gasteiger partial charge in [-0.05, 0) is 49.8 Å². The zero-order chi connectivity index (χ0) is 28.2. The summed E-state index contributed by atoms with van der Waals surface area (Å²) in [5.74, 6) is 0.487. The molecule has 3 heterocycles. The maximum absolute atomic E-state index is 14.0. The van der Waals surface area contributed by atoms with Gasteiger partial charge in [0.05, 0.1) is 24.0 Å². The van der Waals surface area contributed by atoms with Gasteiger partial charge in [-0.3, -0.25) is 19.5 Å². The number of benzene rings is 1. The fraction of sp³-hybridized carbons (Fsp3) is 0.548. The molecule has 3 N–H and O–H groups in total. The van der Waals surface area contributed by atoms with E-state index in [-0.39, 0.29) is 41.1 Å². The normalized spacial score (nSPS) is 27.0. The number of hydrogen-bond donors (Lipinski definition) is 2. The van der Waals surface area contributed by atoms with E-state index in [1.807, 2.05) is 64.1 Å². The number of para-hydroxylation sites is 1. The molecule has 8 nitrogen and oxygen atoms in total. The first-order chi connectivity index (χ1) is 18.4. The van der Waals surface area contributed by atoms with E-state index in [0.29, 0.717) is 12.8 Å². The van der Waals surface area contributed by atoms with Crippen molar-refractivity contribution in [3.05, 3.63) is 59.9 Å². The summed E-state index contributed by atoms with van der Waals surface area (Å²) in [7, 11) is 0. The highest BCUT2D eigenvalue weighted by molar-refractivity contribution is 6.00. The second-order valence-corrected chi connectivity index (χ2v) is 12.6. The molecule has 208 valence electrons. The molecule has 0 spiro atoms. The lowest BCUT2D eigenvalue weighted by atomic mass is 9.86. The largest absolute Gasteiger partial charge is 0.487 e. The van der Waals surface area contributed by atoms with E-state index in [0.717, 1.165) is 29.7 Å². The number of nitrogens with one attached hydrogen (secondary N) is 1. The Balaban J connectivity index is 1.47. The van der Waals surface area contributed by atoms with Crippen molar-refractivity contribution < 1.29 is 14.3 Å². The number of aromatic nitrogens is 1. The molecule has 2 aromatic rings. The molecule has 8 heteroatoms. The van der Waals surface area contributed by atoms with Crippen LogP contribution in [-0.2, 0) is 9.59 Å². The molecule has 1 aromatic carbocycles. The third-order valence-corrected chi connectivity index (χ3v) is 9.19. The Bertz CT molecular complexity index is 1280. The predicted molar refractivity (Wildman–Crippen MR) is 151 cm³/mol. The molecule has 3 aliphatic rings. The molecule has 2 amide bonds. The first-order valence-corrected chi connectivity index (χ1v) is 14.1. The molecule has 1 aliphatic carbocycles. The van der Waals surface area contributed by atoms with E-state index in [1.165, 1.54) is 0 Å². The van der Waals surface area contributed by atoms with Crippen LogP contribution in [0.4, 0.5) is 0 Å². The average molecular weight is 532 g/mol. The summed E-state index contributed by atoms with van der Waals surface area (Å²) in [4.78, 5) is 38.5. The fourth-order valence-corrected chi connectivity index (χ4v) is 6.81. The molecule has 5 rings (SSSR count). The molecule has 1 fully saturated rings. The molecule has 1 saturated carbocycles. The van der Waals surface area contributed by atoms with Crippen LogP contribution in [0.3, 0.4) is 0 Å². The second-order valence-electron chi connectivity index (χ2n) is 12.6. The number of amides is 2. The van der Waals surface area contributed by atoms with Crippen molar-refractivity contribution in [3.63, 3.8) is 0 Å². The summed E-state index contributed by atoms with van der Waals surface area (Å²) < 4.78 is 6.17. The number of ether oxygens (including phenoxy) is 1. The number of carbonyl (C=O) groups excluding carboxylic acids is 2. The lowest BCUT2D eigenvalue weighted by Gasteiger charge is -2.40. The summed E-state index contributed by atoms with van der Waals surface area (Å²) >= 11 is 0. The maximum atomic E-state index is 14.0. The molecular formula is C31H41N5O3. The quantitative estimate of drug-likeness (QED) is 0.527. The van der Waals surface area contributed by atoms with E-state index in [2.05, 4.69) is 24.1 Å². The minimum atomic E-state index is -0.476. The number of hydrogen-bond acceptors (Lipinski definition) is 6. The van der Waals surface area contributed by atoms with Crippen LogP contribution in [0.1, 0.15) is 90.4 Å². The Morgan fingerprint density at radius 2 is 1.87 bits per heavy atom. The Morgan fingerprint density at radius 3 is 2.51 bits per heavy atom. The zero-order valence-electron chi connectivity index (χ0n) is 23.9. The van der Waals surface area contributed by atoms with E-state index in [1.54, 1.807) is 17.3 Å². The van der Waals surface area contributed by atoms with Crippen molar-refractivity contribution in [2.24, 2.45) is 28.0 Å². The molecule has 39 heavy (non-hydrogen) atoms. The molecule has 0 bridgehead atoms. The summed E-state index contributed by atoms with van der Waals surface area (Å²) in [6, 6.07) is 11.1. The number of pyridine rings is 1. The van der Waals surface area contributed by atoms with Crippen molar-refractivity contribution >= 4 is 17.8 Å². The molecule has 0 unspecified atom stereocenters. The number of aliphatic imine (C=N–C) groups is 1. The van der Waals surface area contributed by atoms with Gasteiger partial charge in [-0.1, -0.05) is 52.0 Å². The zero-order valence-corrected chi connectivity index (χ0v) is 23.9. The van der Waals surface area contributed by atoms with Crippen LogP contribution in [0.5, 0.6) is 5.75 Å². The van der Waals surface area contributed by atoms with Crippen molar-refractivity contribution in [2.75, 3.05) is 0 Å². The Morgan fingerprint density at radius 1 is 1.15 bits per heavy atom. The Labute approximate surface area is 231 Å². The molecule has 2 aliphatic heterocycles. The van der Waals surface area contributed by atoms with Gasteiger partial charge in [-0.2, -0.15) is 0 Å². The van der Waals surface area contributed by atoms with Gasteiger partial charge in [0.25, 0.3) is 0 Å². The lowest BCUT2D eigenvalue weighted by molar-refractivity contribution is -0.132. The predicted octanol–water partition coefficient (Wildman–Crippen LogP) is 4.92. The van der Waals surface area contributed by atoms with Crippen LogP contribution in [0.25, 0.3) is 0 Å². The standard InChI is InChI=1S/C31H41N5O3/c1-7-31(8-2)17-23(37)36(28(32)35-31)26(19-12-11-15-33-18-19)24-25(30(24,5)6)27(38)34-21-16-29(3,4)39-22-14-10-9-13-20(21)22/h9-15,18,21,24-26H,7-8,16-17H2,1-6H3,(H2,32,35)(H,34,38)/t21-,24-,25-,26+/m0/s1. The van der Waals surface area contributed by atoms with Gasteiger partial charge in [-0.25, -0.2) is 4.99 Å². The van der Waals surface area contributed by atoms with Gasteiger partial charge in [0.15, 0.2) is 5.96 Å². The molecule has 0 radical (unpaired) electrons. The number of nitrogens with zero attached hydrogens (tertiary/aromatic N) is 3. The minimum absolute atomic E-state index is 0.0205. The van der Waals surface area contributed by atoms with E-state index < -0.39 is 17.2 Å². The average Bonchev–Trinajstić information content (AvgIpc) is 3.46. The summed E-state index contributed by atoms with van der Waals surface area (Å²) in [5.41, 5.74) is 7.16. The lowest BCUT2D eigenvalue weighted by Crippen LogP contribution is -2.53. The monoisotopic (exact) mass is 531 g/mol. The van der Waals surface area contributed by atoms with Gasteiger partial charge in [0.2, 0.25) is 11.8 Å². The Hall–Kier alpha value is -3.42. The van der Waals surface area contributed by atoms with Crippen LogP contribution in [0.2, 0.25) is 0 Å². The van der Waals surface area contributed by atoms with Crippen LogP contribution < -0.4 is 15.8 Å². The number of nitrogens with two attached hydrogens (primary N) is 1. The Kier molecular flexibility index (Phi) is 6.72. The van der Waals surface area contributed by atoms with Crippen LogP contribution in [0, 0.1) is 17.3 Å². The van der Waals surface area contributed by atoms with Crippen LogP contribution in [0.15, 0.2) is 53.8 Å². The minimum Gasteiger partial charge on any atom is -0.487 e. The van der Waals surface area contributed by atoms with Gasteiger partial charge in [0.1, 0.15) is 11.4 Å². The molecule has 1 aromatic heterocycles. The number of guanidine groups is 1. The second kappa shape index (κ2) is 9.65. The number of fused-ring (bicyclic) bond motifs is 1. The molecule has 0 saturated heterocycles. The smallest absolute Gasteiger partial charge is 0.232 e. The third kappa shape index (κ3) is 4.79. The highest BCUT2D eigenvalue weighted by Gasteiger charge is 2.67. The van der Waals surface area contributed by atoms with E-state index in [4.69, 9.17) is 15.5 Å². The first kappa shape index (κ1) is 27.2. The van der Waals surface area contributed by atoms with E-state index in [9.17, 15) is 9.59 Å². The number of carbonyl (C=O) groups is 2. The van der Waals surface area contributed by atoms with Crippen molar-refractivity contribution in [1.82, 2.24) is 15.2 Å². The highest BCUT2D eigenvalue weighted by Crippen LogP contribution is 2.65. The van der Waals surface area contributed by atoms with Crippen LogP contribution >= 0.6 is 0 Å². The highest BCUT2D eigenvalue weighted by atomic mass is 16.5. The van der Waals surface area contributed by atoms with Gasteiger partial charge < -0.3 is 15.8 Å². The van der Waals surface area contributed by atoms with E-state index >= 15 is 0 Å². The van der Waals surface area contributed by atoms with Crippen molar-refractivity contribution in [2.45, 2.75) is 90.4 Å². The summed E-state index contributed by atoms with van der Waals surface area (Å²) in [6.45, 7) is 12.4. The third-order valence-electron chi connectivity index (χ3n) is 9.19. The molecular weight excluding hydrogens is 490 g/mol.